The zero-order valence-electron chi connectivity index (χ0n) is 22.3. The number of urea groups is 1. The van der Waals surface area contributed by atoms with Gasteiger partial charge in [0.05, 0.1) is 23.5 Å². The van der Waals surface area contributed by atoms with Crippen LogP contribution in [0.1, 0.15) is 10.5 Å². The van der Waals surface area contributed by atoms with E-state index in [1.54, 1.807) is 45.4 Å². The van der Waals surface area contributed by atoms with E-state index in [-0.39, 0.29) is 11.9 Å². The van der Waals surface area contributed by atoms with E-state index < -0.39 is 36.8 Å². The summed E-state index contributed by atoms with van der Waals surface area (Å²) in [5.74, 6) is 0.451. The fraction of sp³-hybridized carbons (Fsp3) is 0.200. The molecule has 0 saturated carbocycles. The predicted octanol–water partition coefficient (Wildman–Crippen LogP) is 1.25. The number of halogens is 4. The van der Waals surface area contributed by atoms with Gasteiger partial charge in [0.25, 0.3) is 5.91 Å². The number of rotatable bonds is 6. The first-order valence-corrected chi connectivity index (χ1v) is 15.9. The number of hydrogen-bond acceptors (Lipinski definition) is 9. The second-order valence-electron chi connectivity index (χ2n) is 8.38. The van der Waals surface area contributed by atoms with E-state index in [2.05, 4.69) is 15.3 Å². The van der Waals surface area contributed by atoms with Gasteiger partial charge in [-0.05, 0) is 54.6 Å². The normalized spacial score (nSPS) is 11.3. The van der Waals surface area contributed by atoms with Crippen molar-refractivity contribution in [2.24, 2.45) is 0 Å². The molecule has 2 heterocycles. The second kappa shape index (κ2) is 13.6. The first-order valence-electron chi connectivity index (χ1n) is 11.5. The molecule has 4 aromatic rings. The summed E-state index contributed by atoms with van der Waals surface area (Å²) in [5, 5.41) is 3.34. The van der Waals surface area contributed by atoms with Crippen LogP contribution < -0.4 is 36.2 Å². The average Bonchev–Trinajstić information content (AvgIpc) is 3.33. The lowest BCUT2D eigenvalue weighted by molar-refractivity contribution is -0.597. The SMILES string of the molecule is COc1ccc2nc(NC(=O)c3ccc([I+]c4ccc(N(C)C(=O)N(C)C)cc4)cn3)sc2c1.O=S(=O)([O-])C(F)(F)F. The summed E-state index contributed by atoms with van der Waals surface area (Å²) in [4.78, 5) is 36.7. The summed E-state index contributed by atoms with van der Waals surface area (Å²) in [6.45, 7) is 0. The number of benzene rings is 2. The quantitative estimate of drug-likeness (QED) is 0.177. The maximum absolute atomic E-state index is 12.6. The van der Waals surface area contributed by atoms with Crippen molar-refractivity contribution >= 4 is 54.4 Å². The summed E-state index contributed by atoms with van der Waals surface area (Å²) in [6, 6.07) is 17.1. The summed E-state index contributed by atoms with van der Waals surface area (Å²) >= 11 is 0.925. The molecule has 0 aliphatic rings. The molecule has 0 unspecified atom stereocenters. The minimum absolute atomic E-state index is 0.0777. The second-order valence-corrected chi connectivity index (χ2v) is 13.8. The maximum atomic E-state index is 12.6. The van der Waals surface area contributed by atoms with E-state index in [1.165, 1.54) is 19.8 Å². The Morgan fingerprint density at radius 2 is 1.64 bits per heavy atom. The molecular formula is C25H23F3IN5O6S2. The van der Waals surface area contributed by atoms with Crippen molar-refractivity contribution in [2.45, 2.75) is 5.51 Å². The van der Waals surface area contributed by atoms with Gasteiger partial charge in [-0.3, -0.25) is 15.0 Å². The number of ether oxygens (including phenoxy) is 1. The highest BCUT2D eigenvalue weighted by Gasteiger charge is 2.37. The molecule has 2 aromatic carbocycles. The van der Waals surface area contributed by atoms with E-state index in [0.717, 1.165) is 25.2 Å². The molecule has 0 atom stereocenters. The highest BCUT2D eigenvalue weighted by Crippen LogP contribution is 2.29. The number of thiazole rings is 1. The van der Waals surface area contributed by atoms with Gasteiger partial charge < -0.3 is 14.2 Å². The van der Waals surface area contributed by atoms with Gasteiger partial charge in [-0.15, -0.1) is 0 Å². The number of pyridine rings is 1. The van der Waals surface area contributed by atoms with Crippen molar-refractivity contribution in [3.63, 3.8) is 0 Å². The molecule has 0 bridgehead atoms. The van der Waals surface area contributed by atoms with Crippen LogP contribution in [0.15, 0.2) is 60.8 Å². The number of aromatic nitrogens is 2. The number of carbonyl (C=O) groups excluding carboxylic acids is 2. The molecule has 1 N–H and O–H groups in total. The van der Waals surface area contributed by atoms with Crippen LogP contribution in [0.5, 0.6) is 5.75 Å². The average molecular weight is 738 g/mol. The third kappa shape index (κ3) is 8.73. The van der Waals surface area contributed by atoms with Crippen molar-refractivity contribution in [1.29, 1.82) is 0 Å². The molecule has 4 rings (SSSR count). The Labute approximate surface area is 253 Å². The monoisotopic (exact) mass is 737 g/mol. The van der Waals surface area contributed by atoms with Gasteiger partial charge in [0, 0.05) is 26.8 Å². The van der Waals surface area contributed by atoms with Crippen LogP contribution in [-0.4, -0.2) is 73.5 Å². The third-order valence-corrected chi connectivity index (χ3v) is 9.26. The van der Waals surface area contributed by atoms with Crippen molar-refractivity contribution < 1.29 is 61.7 Å². The van der Waals surface area contributed by atoms with Crippen LogP contribution in [0.3, 0.4) is 0 Å². The molecule has 42 heavy (non-hydrogen) atoms. The smallest absolute Gasteiger partial charge is 0.485 e. The van der Waals surface area contributed by atoms with E-state index in [1.807, 2.05) is 48.5 Å². The number of alkyl halides is 3. The number of nitrogens with one attached hydrogen (secondary N) is 1. The van der Waals surface area contributed by atoms with Gasteiger partial charge >= 0.3 is 32.7 Å². The highest BCUT2D eigenvalue weighted by atomic mass is 127. The van der Waals surface area contributed by atoms with E-state index in [0.29, 0.717) is 10.8 Å². The number of fused-ring (bicyclic) bond motifs is 1. The lowest BCUT2D eigenvalue weighted by Crippen LogP contribution is -3.61. The van der Waals surface area contributed by atoms with Gasteiger partial charge in [0.2, 0.25) is 3.57 Å². The molecule has 0 radical (unpaired) electrons. The van der Waals surface area contributed by atoms with Gasteiger partial charge in [0.1, 0.15) is 11.4 Å². The standard InChI is InChI=1S/C24H22IN5O3S.CHF3O3S/c1-29(2)24(32)30(3)17-8-5-15(6-9-17)25-16-7-11-20(26-14-16)22(31)28-23-27-19-12-10-18(33-4)13-21(19)34-23;2-1(3,4)8(5,6)7/h5-14H,1-4H3;(H,5,6,7). The Hall–Kier alpha value is -3.55. The van der Waals surface area contributed by atoms with Gasteiger partial charge in [0.15, 0.2) is 18.8 Å². The molecule has 2 aromatic heterocycles. The van der Waals surface area contributed by atoms with Crippen LogP contribution in [0, 0.1) is 7.14 Å². The number of methoxy groups -OCH3 is 1. The van der Waals surface area contributed by atoms with Crippen molar-refractivity contribution in [2.75, 3.05) is 38.5 Å². The van der Waals surface area contributed by atoms with Crippen LogP contribution in [0.4, 0.5) is 28.8 Å². The lowest BCUT2D eigenvalue weighted by Gasteiger charge is -2.21. The zero-order valence-corrected chi connectivity index (χ0v) is 26.1. The number of anilines is 2. The molecular weight excluding hydrogens is 714 g/mol. The lowest BCUT2D eigenvalue weighted by atomic mass is 10.3. The number of nitrogens with zero attached hydrogens (tertiary/aromatic N) is 4. The van der Waals surface area contributed by atoms with Crippen molar-refractivity contribution in [3.8, 4) is 5.75 Å². The third-order valence-electron chi connectivity index (χ3n) is 5.16. The molecule has 0 aliphatic carbocycles. The largest absolute Gasteiger partial charge is 0.741 e. The van der Waals surface area contributed by atoms with Crippen LogP contribution in [0.25, 0.3) is 10.2 Å². The first-order chi connectivity index (χ1) is 19.6. The Morgan fingerprint density at radius 1 is 1.02 bits per heavy atom. The molecule has 11 nitrogen and oxygen atoms in total. The molecule has 3 amide bonds. The van der Waals surface area contributed by atoms with Gasteiger partial charge in [-0.1, -0.05) is 11.3 Å². The molecule has 0 spiro atoms. The Bertz CT molecular complexity index is 1660. The summed E-state index contributed by atoms with van der Waals surface area (Å²) in [7, 11) is 0.737. The molecule has 0 aliphatic heterocycles. The number of amides is 3. The van der Waals surface area contributed by atoms with E-state index in [4.69, 9.17) is 17.7 Å². The first kappa shape index (κ1) is 33.0. The Morgan fingerprint density at radius 3 is 2.17 bits per heavy atom. The zero-order chi connectivity index (χ0) is 31.2. The van der Waals surface area contributed by atoms with Gasteiger partial charge in [-0.25, -0.2) is 23.2 Å². The highest BCUT2D eigenvalue weighted by molar-refractivity contribution is 7.86. The Kier molecular flexibility index (Phi) is 10.7. The van der Waals surface area contributed by atoms with E-state index in [9.17, 15) is 22.8 Å². The predicted molar refractivity (Wildman–Crippen MR) is 145 cm³/mol. The number of carbonyl (C=O) groups is 2. The summed E-state index contributed by atoms with van der Waals surface area (Å²) in [6.07, 6.45) is 1.75. The van der Waals surface area contributed by atoms with Crippen LogP contribution in [-0.2, 0) is 10.1 Å². The van der Waals surface area contributed by atoms with Crippen molar-refractivity contribution in [3.05, 3.63) is 73.6 Å². The minimum Gasteiger partial charge on any atom is -0.741 e. The van der Waals surface area contributed by atoms with Crippen LogP contribution in [0.2, 0.25) is 0 Å². The molecule has 0 fully saturated rings. The maximum Gasteiger partial charge on any atom is 0.485 e. The fourth-order valence-electron chi connectivity index (χ4n) is 3.08. The molecule has 17 heteroatoms. The van der Waals surface area contributed by atoms with E-state index >= 15 is 0 Å². The molecule has 224 valence electrons. The summed E-state index contributed by atoms with van der Waals surface area (Å²) < 4.78 is 67.4. The topological polar surface area (TPSA) is 145 Å². The summed E-state index contributed by atoms with van der Waals surface area (Å²) in [5.41, 5.74) is -3.67. The van der Waals surface area contributed by atoms with Gasteiger partial charge in [-0.2, -0.15) is 13.2 Å². The number of hydrogen-bond donors (Lipinski definition) is 1. The van der Waals surface area contributed by atoms with Crippen LogP contribution >= 0.6 is 11.3 Å². The Balaban J connectivity index is 0.000000531. The minimum atomic E-state index is -6.09. The molecule has 0 saturated heterocycles. The fourth-order valence-corrected chi connectivity index (χ4v) is 6.04. The van der Waals surface area contributed by atoms with Crippen molar-refractivity contribution in [1.82, 2.24) is 14.9 Å².